The average Bonchev–Trinajstić information content (AvgIpc) is 3.63. The van der Waals surface area contributed by atoms with Crippen molar-refractivity contribution >= 4 is 33.3 Å². The van der Waals surface area contributed by atoms with Crippen molar-refractivity contribution < 1.29 is 26.0 Å². The van der Waals surface area contributed by atoms with E-state index < -0.39 is 109 Å². The number of benzene rings is 8. The molecule has 0 amide bonds. The van der Waals surface area contributed by atoms with Gasteiger partial charge in [0, 0.05) is 21.1 Å². The van der Waals surface area contributed by atoms with Crippen molar-refractivity contribution in [3.63, 3.8) is 0 Å². The Balaban J connectivity index is 1.33. The van der Waals surface area contributed by atoms with E-state index in [4.69, 9.17) is 19.2 Å². The Morgan fingerprint density at radius 2 is 1.30 bits per heavy atom. The third-order valence-corrected chi connectivity index (χ3v) is 9.76. The van der Waals surface area contributed by atoms with Gasteiger partial charge in [-0.3, -0.25) is 0 Å². The van der Waals surface area contributed by atoms with Crippen molar-refractivity contribution in [2.75, 3.05) is 0 Å². The molecular weight excluding hydrogens is 573 g/mol. The molecule has 1 atom stereocenters. The molecule has 0 saturated carbocycles. The summed E-state index contributed by atoms with van der Waals surface area (Å²) in [5.41, 5.74) is 1.31. The van der Waals surface area contributed by atoms with Crippen LogP contribution in [0.15, 0.2) is 173 Å². The Kier molecular flexibility index (Phi) is 2.97. The van der Waals surface area contributed by atoms with Gasteiger partial charge in [0.25, 0.3) is 0 Å². The number of hydrogen-bond acceptors (Lipinski definition) is 1. The van der Waals surface area contributed by atoms with Crippen LogP contribution in [0.5, 0.6) is 0 Å². The molecule has 8 aromatic rings. The first-order valence-electron chi connectivity index (χ1n) is 23.9. The summed E-state index contributed by atoms with van der Waals surface area (Å²) in [5.74, 6) is -1.60. The maximum Gasteiger partial charge on any atom is 0.0630 e. The lowest BCUT2D eigenvalue weighted by atomic mass is 9.86. The summed E-state index contributed by atoms with van der Waals surface area (Å²) in [6, 6.07) is 3.01. The molecule has 1 heteroatoms. The molecule has 0 spiro atoms. The molecule has 0 radical (unpaired) electrons. The number of hydrogen-bond donors (Lipinski definition) is 0. The third kappa shape index (κ3) is 3.76. The molecule has 0 fully saturated rings. The zero-order valence-electron chi connectivity index (χ0n) is 42.6. The van der Waals surface area contributed by atoms with Gasteiger partial charge in [0.15, 0.2) is 0 Å². The highest BCUT2D eigenvalue weighted by molar-refractivity contribution is 7.99. The molecule has 1 heterocycles. The third-order valence-electron chi connectivity index (χ3n) is 8.63. The fraction of sp³-hybridized carbons (Fsp3) is 0.0222. The minimum absolute atomic E-state index is 0.0116. The molecule has 0 nitrogen and oxygen atoms in total. The molecule has 0 N–H and O–H groups in total. The zero-order valence-corrected chi connectivity index (χ0v) is 24.4. The zero-order chi connectivity index (χ0) is 46.7. The Hall–Kier alpha value is -5.37. The van der Waals surface area contributed by atoms with Crippen LogP contribution in [0.3, 0.4) is 0 Å². The summed E-state index contributed by atoms with van der Waals surface area (Å²) in [6.45, 7) is 0. The second-order valence-corrected chi connectivity index (χ2v) is 12.0. The number of fused-ring (bicyclic) bond motifs is 7. The smallest absolute Gasteiger partial charge is 0.0630 e. The van der Waals surface area contributed by atoms with Gasteiger partial charge in [-0.15, -0.1) is 0 Å². The summed E-state index contributed by atoms with van der Waals surface area (Å²) in [6.07, 6.45) is 0. The van der Waals surface area contributed by atoms with Crippen molar-refractivity contribution in [2.24, 2.45) is 0 Å². The highest BCUT2D eigenvalue weighted by Gasteiger charge is 2.34. The van der Waals surface area contributed by atoms with Gasteiger partial charge in [0.05, 0.1) is 26.0 Å². The first-order valence-corrected chi connectivity index (χ1v) is 15.2. The normalized spacial score (nSPS) is 20.0. The van der Waals surface area contributed by atoms with E-state index in [2.05, 4.69) is 0 Å². The van der Waals surface area contributed by atoms with Crippen molar-refractivity contribution in [1.82, 2.24) is 0 Å². The van der Waals surface area contributed by atoms with E-state index in [9.17, 15) is 6.85 Å². The van der Waals surface area contributed by atoms with E-state index in [-0.39, 0.29) is 61.8 Å². The second-order valence-electron chi connectivity index (χ2n) is 11.0. The Labute approximate surface area is 299 Å². The van der Waals surface area contributed by atoms with Gasteiger partial charge in [0.1, 0.15) is 0 Å². The summed E-state index contributed by atoms with van der Waals surface area (Å²) >= 11 is 1.41. The standard InChI is InChI=1S/C45H28S/c1-3-11-28(12-4-1)31-22-25-40-39(27-31)36-19-9-18-35-33(24-26-41(46-40)44(35)36)34-17-10-20-37-42(30-14-5-2-6-15-30)45-32-16-8-7-13-29(32)21-23-38(45)43(34)37/h1-27,42H/i1D,2D,3D,4D,5D,6D,7D,8D,10D,11D,12D,13D,14D,15D,16D,17D,20D,21D,23D. The van der Waals surface area contributed by atoms with Gasteiger partial charge < -0.3 is 0 Å². The number of rotatable bonds is 3. The van der Waals surface area contributed by atoms with Crippen LogP contribution in [0.2, 0.25) is 0 Å². The van der Waals surface area contributed by atoms with Crippen LogP contribution in [-0.2, 0) is 0 Å². The molecule has 1 aliphatic heterocycles. The van der Waals surface area contributed by atoms with Gasteiger partial charge in [-0.25, -0.2) is 0 Å². The van der Waals surface area contributed by atoms with Crippen LogP contribution in [0.4, 0.5) is 0 Å². The van der Waals surface area contributed by atoms with Crippen LogP contribution < -0.4 is 0 Å². The van der Waals surface area contributed by atoms with E-state index in [0.717, 1.165) is 9.79 Å². The van der Waals surface area contributed by atoms with E-state index >= 15 is 0 Å². The lowest BCUT2D eigenvalue weighted by Crippen LogP contribution is -2.00. The largest absolute Gasteiger partial charge is 0.0888 e. The molecule has 2 aliphatic rings. The summed E-state index contributed by atoms with van der Waals surface area (Å²) in [4.78, 5) is 1.58. The minimum atomic E-state index is -1.60. The van der Waals surface area contributed by atoms with Gasteiger partial charge in [-0.1, -0.05) is 157 Å². The molecule has 46 heavy (non-hydrogen) atoms. The Morgan fingerprint density at radius 1 is 0.500 bits per heavy atom. The van der Waals surface area contributed by atoms with E-state index in [1.807, 2.05) is 12.1 Å². The van der Waals surface area contributed by atoms with E-state index in [1.165, 1.54) is 11.8 Å². The minimum Gasteiger partial charge on any atom is -0.0888 e. The molecule has 1 unspecified atom stereocenters. The molecule has 214 valence electrons. The van der Waals surface area contributed by atoms with Gasteiger partial charge >= 0.3 is 0 Å². The monoisotopic (exact) mass is 619 g/mol. The van der Waals surface area contributed by atoms with Gasteiger partial charge in [-0.05, 0) is 95.6 Å². The first kappa shape index (κ1) is 13.5. The summed E-state index contributed by atoms with van der Waals surface area (Å²) < 4.78 is 168. The van der Waals surface area contributed by atoms with Crippen LogP contribution in [0, 0.1) is 0 Å². The predicted octanol–water partition coefficient (Wildman–Crippen LogP) is 12.6. The molecule has 0 aromatic heterocycles. The summed E-state index contributed by atoms with van der Waals surface area (Å²) in [5, 5.41) is 0.599. The lowest BCUT2D eigenvalue weighted by molar-refractivity contribution is 1.03. The van der Waals surface area contributed by atoms with Crippen LogP contribution in [0.25, 0.3) is 66.1 Å². The fourth-order valence-electron chi connectivity index (χ4n) is 6.75. The Bertz CT molecular complexity index is 3520. The highest BCUT2D eigenvalue weighted by Crippen LogP contribution is 2.56. The molecule has 0 bridgehead atoms. The average molecular weight is 620 g/mol. The maximum absolute atomic E-state index is 9.55. The highest BCUT2D eigenvalue weighted by atomic mass is 32.2. The molecular formula is C45H28S. The van der Waals surface area contributed by atoms with E-state index in [0.29, 0.717) is 33.0 Å². The lowest BCUT2D eigenvalue weighted by Gasteiger charge is -2.23. The Morgan fingerprint density at radius 3 is 2.20 bits per heavy atom. The molecule has 10 rings (SSSR count). The first-order chi connectivity index (χ1) is 30.7. The second kappa shape index (κ2) is 10.1. The summed E-state index contributed by atoms with van der Waals surface area (Å²) in [7, 11) is 0. The van der Waals surface area contributed by atoms with E-state index in [1.54, 1.807) is 36.4 Å². The molecule has 1 aliphatic carbocycles. The fourth-order valence-corrected chi connectivity index (χ4v) is 7.86. The van der Waals surface area contributed by atoms with Gasteiger partial charge in [0.2, 0.25) is 0 Å². The van der Waals surface area contributed by atoms with Crippen molar-refractivity contribution in [1.29, 1.82) is 0 Å². The van der Waals surface area contributed by atoms with Crippen molar-refractivity contribution in [3.8, 4) is 44.5 Å². The van der Waals surface area contributed by atoms with Crippen molar-refractivity contribution in [3.05, 3.63) is 180 Å². The molecule has 8 aromatic carbocycles. The quantitative estimate of drug-likeness (QED) is 0.190. The van der Waals surface area contributed by atoms with Gasteiger partial charge in [-0.2, -0.15) is 0 Å². The topological polar surface area (TPSA) is 0 Å². The van der Waals surface area contributed by atoms with Crippen molar-refractivity contribution in [2.45, 2.75) is 15.7 Å². The van der Waals surface area contributed by atoms with Crippen LogP contribution >= 0.6 is 11.8 Å². The van der Waals surface area contributed by atoms with Crippen LogP contribution in [0.1, 0.15) is 48.7 Å². The van der Waals surface area contributed by atoms with Crippen LogP contribution in [-0.4, -0.2) is 0 Å². The molecule has 0 saturated heterocycles. The predicted molar refractivity (Wildman–Crippen MR) is 195 cm³/mol. The maximum atomic E-state index is 9.55. The SMILES string of the molecule is [2H]c1c([2H])c([2H])c(-c2ccc3c(c2)-c2cccc4c(-c5c([2H])c([2H])c([2H])c6c5-c5c([2H])c([2H])c7c([2H])c([2H])c([2H])c([2H])c7c5C6c5c([2H])c([2H])c([2H])c([2H])c5[2H])ccc(c24)S3)c([2H])c1[2H].